The molecule has 1 aliphatic carbocycles. The molecule has 2 aromatic heterocycles. The van der Waals surface area contributed by atoms with Crippen molar-refractivity contribution in [2.45, 2.75) is 25.7 Å². The number of amides is 1. The summed E-state index contributed by atoms with van der Waals surface area (Å²) in [6.07, 6.45) is 2.30. The molecule has 156 valence electrons. The molecule has 2 aromatic carbocycles. The molecule has 0 aliphatic heterocycles. The van der Waals surface area contributed by atoms with Crippen LogP contribution >= 0.6 is 11.6 Å². The lowest BCUT2D eigenvalue weighted by atomic mass is 10.2. The Hall–Kier alpha value is -3.59. The number of benzene rings is 2. The summed E-state index contributed by atoms with van der Waals surface area (Å²) >= 11 is 5.84. The maximum absolute atomic E-state index is 13.4. The lowest BCUT2D eigenvalue weighted by Crippen LogP contribution is -2.14. The Balaban J connectivity index is 1.31. The normalized spacial score (nSPS) is 13.4. The fourth-order valence-corrected chi connectivity index (χ4v) is 3.41. The van der Waals surface area contributed by atoms with E-state index in [0.29, 0.717) is 28.8 Å². The third-order valence-electron chi connectivity index (χ3n) is 5.13. The van der Waals surface area contributed by atoms with Gasteiger partial charge in [0, 0.05) is 17.2 Å². The number of nitrogens with one attached hydrogen (secondary N) is 2. The highest BCUT2D eigenvalue weighted by Gasteiger charge is 2.27. The van der Waals surface area contributed by atoms with Crippen molar-refractivity contribution in [1.29, 1.82) is 0 Å². The van der Waals surface area contributed by atoms with Crippen LogP contribution in [0.2, 0.25) is 5.02 Å². The van der Waals surface area contributed by atoms with Gasteiger partial charge in [0.15, 0.2) is 11.5 Å². The van der Waals surface area contributed by atoms with Crippen molar-refractivity contribution in [3.8, 4) is 17.1 Å². The number of hydrogen-bond donors (Lipinski definition) is 2. The van der Waals surface area contributed by atoms with Crippen LogP contribution in [0, 0.1) is 12.7 Å². The Morgan fingerprint density at radius 2 is 2.00 bits per heavy atom. The third kappa shape index (κ3) is 3.79. The molecule has 2 heterocycles. The standard InChI is InChI=1S/C21H17ClFN7O/c1-11-18(26-29-30(11)15-8-9-17(23)16(22)10-15)21(31)24-14-6-4-13(5-7-14)20-25-19(27-28-20)12-2-3-12/h4-10,12H,2-3H2,1H3,(H,24,31)(H,25,27,28). The first-order valence-electron chi connectivity index (χ1n) is 9.71. The van der Waals surface area contributed by atoms with Gasteiger partial charge in [-0.25, -0.2) is 14.1 Å². The van der Waals surface area contributed by atoms with Crippen LogP contribution in [0.1, 0.15) is 40.8 Å². The second kappa shape index (κ2) is 7.59. The van der Waals surface area contributed by atoms with Gasteiger partial charge < -0.3 is 5.32 Å². The number of halogens is 2. The summed E-state index contributed by atoms with van der Waals surface area (Å²) in [4.78, 5) is 17.2. The van der Waals surface area contributed by atoms with Crippen molar-refractivity contribution in [2.75, 3.05) is 5.32 Å². The molecule has 5 rings (SSSR count). The zero-order chi connectivity index (χ0) is 21.5. The molecule has 31 heavy (non-hydrogen) atoms. The van der Waals surface area contributed by atoms with E-state index in [0.717, 1.165) is 24.2 Å². The summed E-state index contributed by atoms with van der Waals surface area (Å²) < 4.78 is 14.9. The summed E-state index contributed by atoms with van der Waals surface area (Å²) in [5.74, 6) is 1.13. The second-order valence-corrected chi connectivity index (χ2v) is 7.79. The van der Waals surface area contributed by atoms with Crippen LogP contribution in [0.15, 0.2) is 42.5 Å². The SMILES string of the molecule is Cc1c(C(=O)Nc2ccc(-c3n[nH]c(C4CC4)n3)cc2)nnn1-c1ccc(F)c(Cl)c1. The predicted molar refractivity (Wildman–Crippen MR) is 113 cm³/mol. The number of carbonyl (C=O) groups excluding carboxylic acids is 1. The molecule has 1 fully saturated rings. The lowest BCUT2D eigenvalue weighted by molar-refractivity contribution is 0.102. The molecule has 1 saturated carbocycles. The molecule has 4 aromatic rings. The first-order valence-corrected chi connectivity index (χ1v) is 10.1. The zero-order valence-corrected chi connectivity index (χ0v) is 17.2. The topological polar surface area (TPSA) is 101 Å². The van der Waals surface area contributed by atoms with E-state index in [1.165, 1.54) is 22.9 Å². The zero-order valence-electron chi connectivity index (χ0n) is 16.4. The molecular weight excluding hydrogens is 421 g/mol. The Bertz CT molecular complexity index is 1280. The molecule has 0 unspecified atom stereocenters. The van der Waals surface area contributed by atoms with Gasteiger partial charge in [0.1, 0.15) is 11.6 Å². The van der Waals surface area contributed by atoms with Crippen LogP contribution in [0.3, 0.4) is 0 Å². The van der Waals surface area contributed by atoms with Crippen LogP contribution in [-0.2, 0) is 0 Å². The van der Waals surface area contributed by atoms with Crippen LogP contribution in [0.5, 0.6) is 0 Å². The highest BCUT2D eigenvalue weighted by molar-refractivity contribution is 6.30. The number of rotatable bonds is 5. The van der Waals surface area contributed by atoms with E-state index >= 15 is 0 Å². The molecule has 2 N–H and O–H groups in total. The molecule has 8 nitrogen and oxygen atoms in total. The number of H-pyrrole nitrogens is 1. The Morgan fingerprint density at radius 1 is 1.23 bits per heavy atom. The summed E-state index contributed by atoms with van der Waals surface area (Å²) in [5.41, 5.74) is 2.64. The Morgan fingerprint density at radius 3 is 2.71 bits per heavy atom. The molecular formula is C21H17ClFN7O. The van der Waals surface area contributed by atoms with Crippen molar-refractivity contribution in [2.24, 2.45) is 0 Å². The minimum absolute atomic E-state index is 0.0332. The van der Waals surface area contributed by atoms with E-state index in [9.17, 15) is 9.18 Å². The number of hydrogen-bond acceptors (Lipinski definition) is 5. The molecule has 0 saturated heterocycles. The highest BCUT2D eigenvalue weighted by atomic mass is 35.5. The van der Waals surface area contributed by atoms with Crippen molar-refractivity contribution in [3.63, 3.8) is 0 Å². The van der Waals surface area contributed by atoms with E-state index in [1.807, 2.05) is 12.1 Å². The van der Waals surface area contributed by atoms with Crippen LogP contribution < -0.4 is 5.32 Å². The smallest absolute Gasteiger partial charge is 0.278 e. The molecule has 0 spiro atoms. The van der Waals surface area contributed by atoms with Gasteiger partial charge in [0.25, 0.3) is 5.91 Å². The van der Waals surface area contributed by atoms with Crippen LogP contribution in [0.25, 0.3) is 17.1 Å². The van der Waals surface area contributed by atoms with Crippen molar-refractivity contribution in [1.82, 2.24) is 30.2 Å². The number of aromatic amines is 1. The largest absolute Gasteiger partial charge is 0.321 e. The molecule has 1 aliphatic rings. The van der Waals surface area contributed by atoms with E-state index < -0.39 is 11.7 Å². The lowest BCUT2D eigenvalue weighted by Gasteiger charge is -2.06. The average Bonchev–Trinajstić information content (AvgIpc) is 3.37. The summed E-state index contributed by atoms with van der Waals surface area (Å²) in [5, 5.41) is 18.0. The average molecular weight is 438 g/mol. The second-order valence-electron chi connectivity index (χ2n) is 7.38. The maximum atomic E-state index is 13.4. The number of aromatic nitrogens is 6. The maximum Gasteiger partial charge on any atom is 0.278 e. The minimum Gasteiger partial charge on any atom is -0.321 e. The molecule has 0 radical (unpaired) electrons. The van der Waals surface area contributed by atoms with E-state index in [4.69, 9.17) is 11.6 Å². The van der Waals surface area contributed by atoms with E-state index in [1.54, 1.807) is 19.1 Å². The monoisotopic (exact) mass is 437 g/mol. The molecule has 10 heteroatoms. The fourth-order valence-electron chi connectivity index (χ4n) is 3.24. The minimum atomic E-state index is -0.529. The Labute approximate surface area is 181 Å². The van der Waals surface area contributed by atoms with Gasteiger partial charge in [0.2, 0.25) is 0 Å². The van der Waals surface area contributed by atoms with Gasteiger partial charge >= 0.3 is 0 Å². The number of carbonyl (C=O) groups is 1. The van der Waals surface area contributed by atoms with Crippen molar-refractivity contribution in [3.05, 3.63) is 70.5 Å². The first kappa shape index (κ1) is 19.4. The van der Waals surface area contributed by atoms with Gasteiger partial charge in [0.05, 0.1) is 16.4 Å². The summed E-state index contributed by atoms with van der Waals surface area (Å²) in [6, 6.07) is 11.4. The van der Waals surface area contributed by atoms with Gasteiger partial charge in [-0.1, -0.05) is 16.8 Å². The fraction of sp³-hybridized carbons (Fsp3) is 0.190. The van der Waals surface area contributed by atoms with Gasteiger partial charge in [-0.15, -0.1) is 5.10 Å². The quantitative estimate of drug-likeness (QED) is 0.485. The van der Waals surface area contributed by atoms with Crippen molar-refractivity contribution >= 4 is 23.2 Å². The van der Waals surface area contributed by atoms with Gasteiger partial charge in [-0.2, -0.15) is 5.10 Å². The summed E-state index contributed by atoms with van der Waals surface area (Å²) in [7, 11) is 0. The van der Waals surface area contributed by atoms with E-state index in [2.05, 4.69) is 30.8 Å². The van der Waals surface area contributed by atoms with Crippen LogP contribution in [0.4, 0.5) is 10.1 Å². The van der Waals surface area contributed by atoms with E-state index in [-0.39, 0.29) is 10.7 Å². The summed E-state index contributed by atoms with van der Waals surface area (Å²) in [6.45, 7) is 1.70. The van der Waals surface area contributed by atoms with Gasteiger partial charge in [-0.3, -0.25) is 9.89 Å². The Kier molecular flexibility index (Phi) is 4.74. The molecule has 0 atom stereocenters. The third-order valence-corrected chi connectivity index (χ3v) is 5.41. The van der Waals surface area contributed by atoms with Crippen molar-refractivity contribution < 1.29 is 9.18 Å². The number of anilines is 1. The first-order chi connectivity index (χ1) is 15.0. The molecule has 0 bridgehead atoms. The molecule has 1 amide bonds. The number of nitrogens with zero attached hydrogens (tertiary/aromatic N) is 5. The van der Waals surface area contributed by atoms with Gasteiger partial charge in [-0.05, 0) is 62.2 Å². The van der Waals surface area contributed by atoms with Crippen LogP contribution in [-0.4, -0.2) is 36.1 Å². The highest BCUT2D eigenvalue weighted by Crippen LogP contribution is 2.38. The predicted octanol–water partition coefficient (Wildman–Crippen LogP) is 4.28.